The van der Waals surface area contributed by atoms with Gasteiger partial charge in [0.1, 0.15) is 5.69 Å². The summed E-state index contributed by atoms with van der Waals surface area (Å²) in [6.45, 7) is 0.900. The van der Waals surface area contributed by atoms with Gasteiger partial charge in [-0.2, -0.15) is 5.10 Å². The average molecular weight is 345 g/mol. The lowest BCUT2D eigenvalue weighted by atomic mass is 10.1. The lowest BCUT2D eigenvalue weighted by Crippen LogP contribution is -2.31. The van der Waals surface area contributed by atoms with Crippen LogP contribution in [0.2, 0.25) is 0 Å². The largest absolute Gasteiger partial charge is 0.478 e. The number of ether oxygens (including phenoxy) is 1. The van der Waals surface area contributed by atoms with Crippen LogP contribution in [-0.4, -0.2) is 47.0 Å². The summed E-state index contributed by atoms with van der Waals surface area (Å²) in [4.78, 5) is 34.7. The van der Waals surface area contributed by atoms with Gasteiger partial charge >= 0.3 is 5.97 Å². The van der Waals surface area contributed by atoms with Crippen molar-refractivity contribution in [1.29, 1.82) is 0 Å². The molecule has 0 bridgehead atoms. The summed E-state index contributed by atoms with van der Waals surface area (Å²) in [7, 11) is 1.51. The Hall–Kier alpha value is -3.00. The molecule has 25 heavy (non-hydrogen) atoms. The van der Waals surface area contributed by atoms with Crippen LogP contribution in [0.25, 0.3) is 0 Å². The molecule has 1 heterocycles. The van der Waals surface area contributed by atoms with Gasteiger partial charge in [0, 0.05) is 19.7 Å². The lowest BCUT2D eigenvalue weighted by molar-refractivity contribution is 0.0696. The van der Waals surface area contributed by atoms with E-state index in [1.54, 1.807) is 18.2 Å². The van der Waals surface area contributed by atoms with Crippen molar-refractivity contribution in [2.75, 3.05) is 20.3 Å². The fourth-order valence-corrected chi connectivity index (χ4v) is 2.18. The third kappa shape index (κ3) is 5.25. The summed E-state index contributed by atoms with van der Waals surface area (Å²) in [6.07, 6.45) is 0.482. The average Bonchev–Trinajstić information content (AvgIpc) is 2.61. The Kier molecular flexibility index (Phi) is 6.41. The smallest absolute Gasteiger partial charge is 0.335 e. The maximum Gasteiger partial charge on any atom is 0.335 e. The maximum absolute atomic E-state index is 12.1. The van der Waals surface area contributed by atoms with Crippen LogP contribution in [-0.2, 0) is 17.7 Å². The van der Waals surface area contributed by atoms with Gasteiger partial charge in [0.2, 0.25) is 0 Å². The molecule has 1 aromatic heterocycles. The van der Waals surface area contributed by atoms with Crippen LogP contribution in [0.4, 0.5) is 0 Å². The minimum Gasteiger partial charge on any atom is -0.478 e. The standard InChI is InChI=1S/C17H19N3O5/c1-25-10-9-20-15(21)6-5-14(19-20)16(22)18-8-7-12-3-2-4-13(11-12)17(23)24/h2-6,11H,7-10H2,1H3,(H,18,22)(H,23,24). The van der Waals surface area contributed by atoms with E-state index in [2.05, 4.69) is 10.4 Å². The predicted octanol–water partition coefficient (Wildman–Crippen LogP) is 0.560. The summed E-state index contributed by atoms with van der Waals surface area (Å²) < 4.78 is 6.07. The van der Waals surface area contributed by atoms with Crippen LogP contribution >= 0.6 is 0 Å². The second-order valence-corrected chi connectivity index (χ2v) is 5.28. The summed E-state index contributed by atoms with van der Waals surface area (Å²) in [5.74, 6) is -1.39. The Morgan fingerprint density at radius 3 is 2.80 bits per heavy atom. The van der Waals surface area contributed by atoms with Crippen molar-refractivity contribution in [2.45, 2.75) is 13.0 Å². The van der Waals surface area contributed by atoms with E-state index in [4.69, 9.17) is 9.84 Å². The first kappa shape index (κ1) is 18.3. The van der Waals surface area contributed by atoms with Crippen molar-refractivity contribution in [3.05, 3.63) is 63.6 Å². The molecule has 0 unspecified atom stereocenters. The quantitative estimate of drug-likeness (QED) is 0.723. The molecule has 0 saturated carbocycles. The maximum atomic E-state index is 12.1. The number of hydrogen-bond donors (Lipinski definition) is 2. The van der Waals surface area contributed by atoms with E-state index < -0.39 is 11.9 Å². The molecule has 132 valence electrons. The van der Waals surface area contributed by atoms with Crippen molar-refractivity contribution < 1.29 is 19.4 Å². The number of nitrogens with one attached hydrogen (secondary N) is 1. The third-order valence-electron chi connectivity index (χ3n) is 3.48. The number of nitrogens with zero attached hydrogens (tertiary/aromatic N) is 2. The van der Waals surface area contributed by atoms with Crippen molar-refractivity contribution in [1.82, 2.24) is 15.1 Å². The van der Waals surface area contributed by atoms with E-state index in [0.29, 0.717) is 19.6 Å². The SMILES string of the molecule is COCCn1nc(C(=O)NCCc2cccc(C(=O)O)c2)ccc1=O. The van der Waals surface area contributed by atoms with Gasteiger partial charge in [-0.15, -0.1) is 0 Å². The highest BCUT2D eigenvalue weighted by molar-refractivity contribution is 5.92. The number of carbonyl (C=O) groups excluding carboxylic acids is 1. The molecule has 1 amide bonds. The van der Waals surface area contributed by atoms with E-state index in [9.17, 15) is 14.4 Å². The molecule has 1 aromatic carbocycles. The second kappa shape index (κ2) is 8.74. The predicted molar refractivity (Wildman–Crippen MR) is 89.8 cm³/mol. The molecule has 2 N–H and O–H groups in total. The minimum atomic E-state index is -0.992. The molecule has 8 heteroatoms. The highest BCUT2D eigenvalue weighted by atomic mass is 16.5. The fourth-order valence-electron chi connectivity index (χ4n) is 2.18. The number of benzene rings is 1. The van der Waals surface area contributed by atoms with E-state index in [-0.39, 0.29) is 23.4 Å². The first-order valence-corrected chi connectivity index (χ1v) is 7.69. The number of rotatable bonds is 8. The van der Waals surface area contributed by atoms with Crippen LogP contribution in [0.1, 0.15) is 26.4 Å². The summed E-state index contributed by atoms with van der Waals surface area (Å²) >= 11 is 0. The Labute approximate surface area is 144 Å². The van der Waals surface area contributed by atoms with Crippen LogP contribution in [0.5, 0.6) is 0 Å². The second-order valence-electron chi connectivity index (χ2n) is 5.28. The number of carboxylic acid groups (broad SMARTS) is 1. The molecule has 0 aliphatic carbocycles. The number of hydrogen-bond acceptors (Lipinski definition) is 5. The van der Waals surface area contributed by atoms with Crippen LogP contribution < -0.4 is 10.9 Å². The van der Waals surface area contributed by atoms with Gasteiger partial charge in [-0.05, 0) is 30.2 Å². The van der Waals surface area contributed by atoms with Gasteiger partial charge in [0.05, 0.1) is 18.7 Å². The molecule has 2 aromatic rings. The van der Waals surface area contributed by atoms with Crippen molar-refractivity contribution in [3.63, 3.8) is 0 Å². The van der Waals surface area contributed by atoms with Crippen LogP contribution in [0.15, 0.2) is 41.2 Å². The van der Waals surface area contributed by atoms with Crippen molar-refractivity contribution in [3.8, 4) is 0 Å². The summed E-state index contributed by atoms with van der Waals surface area (Å²) in [6, 6.07) is 9.19. The van der Waals surface area contributed by atoms with E-state index in [1.165, 1.54) is 30.0 Å². The van der Waals surface area contributed by atoms with E-state index >= 15 is 0 Å². The minimum absolute atomic E-state index is 0.134. The van der Waals surface area contributed by atoms with Crippen LogP contribution in [0, 0.1) is 0 Å². The number of aromatic nitrogens is 2. The van der Waals surface area contributed by atoms with Crippen molar-refractivity contribution in [2.24, 2.45) is 0 Å². The summed E-state index contributed by atoms with van der Waals surface area (Å²) in [5.41, 5.74) is 0.836. The van der Waals surface area contributed by atoms with E-state index in [1.807, 2.05) is 0 Å². The van der Waals surface area contributed by atoms with Gasteiger partial charge in [0.25, 0.3) is 11.5 Å². The topological polar surface area (TPSA) is 111 Å². The lowest BCUT2D eigenvalue weighted by Gasteiger charge is -2.08. The number of amides is 1. The van der Waals surface area contributed by atoms with Crippen molar-refractivity contribution >= 4 is 11.9 Å². The molecule has 0 atom stereocenters. The highest BCUT2D eigenvalue weighted by Gasteiger charge is 2.09. The highest BCUT2D eigenvalue weighted by Crippen LogP contribution is 2.05. The van der Waals surface area contributed by atoms with Gasteiger partial charge in [-0.25, -0.2) is 9.48 Å². The number of methoxy groups -OCH3 is 1. The molecule has 2 rings (SSSR count). The molecule has 0 saturated heterocycles. The van der Waals surface area contributed by atoms with Gasteiger partial charge < -0.3 is 15.2 Å². The van der Waals surface area contributed by atoms with Gasteiger partial charge in [0.15, 0.2) is 0 Å². The van der Waals surface area contributed by atoms with Gasteiger partial charge in [-0.3, -0.25) is 9.59 Å². The Morgan fingerprint density at radius 1 is 1.28 bits per heavy atom. The molecule has 0 fully saturated rings. The van der Waals surface area contributed by atoms with Gasteiger partial charge in [-0.1, -0.05) is 12.1 Å². The Bertz CT molecular complexity index is 816. The number of carbonyl (C=O) groups is 2. The van der Waals surface area contributed by atoms with E-state index in [0.717, 1.165) is 5.56 Å². The molecule has 0 aliphatic heterocycles. The Balaban J connectivity index is 1.95. The molecular formula is C17H19N3O5. The zero-order chi connectivity index (χ0) is 18.2. The first-order valence-electron chi connectivity index (χ1n) is 7.69. The summed E-state index contributed by atoms with van der Waals surface area (Å²) in [5, 5.41) is 15.7. The third-order valence-corrected chi connectivity index (χ3v) is 3.48. The molecule has 8 nitrogen and oxygen atoms in total. The first-order chi connectivity index (χ1) is 12.0. The normalized spacial score (nSPS) is 10.4. The zero-order valence-electron chi connectivity index (χ0n) is 13.8. The van der Waals surface area contributed by atoms with Crippen LogP contribution in [0.3, 0.4) is 0 Å². The molecule has 0 radical (unpaired) electrons. The number of aromatic carboxylic acids is 1. The molecule has 0 aliphatic rings. The molecule has 0 spiro atoms. The molecular weight excluding hydrogens is 326 g/mol. The number of carboxylic acids is 1. The monoisotopic (exact) mass is 345 g/mol. The zero-order valence-corrected chi connectivity index (χ0v) is 13.8. The Morgan fingerprint density at radius 2 is 2.08 bits per heavy atom. The fraction of sp³-hybridized carbons (Fsp3) is 0.294.